The second-order valence-electron chi connectivity index (χ2n) is 7.23. The fourth-order valence-electron chi connectivity index (χ4n) is 3.24. The van der Waals surface area contributed by atoms with E-state index in [9.17, 15) is 4.79 Å². The van der Waals surface area contributed by atoms with Gasteiger partial charge in [-0.25, -0.2) is 9.78 Å². The number of carbonyl (C=O) groups is 1. The summed E-state index contributed by atoms with van der Waals surface area (Å²) in [4.78, 5) is 21.2. The van der Waals surface area contributed by atoms with Crippen molar-refractivity contribution < 1.29 is 4.79 Å². The summed E-state index contributed by atoms with van der Waals surface area (Å²) in [6, 6.07) is 8.71. The van der Waals surface area contributed by atoms with Crippen LogP contribution in [0.2, 0.25) is 0 Å². The molecule has 0 spiro atoms. The minimum Gasteiger partial charge on any atom is -0.343 e. The predicted octanol–water partition coefficient (Wildman–Crippen LogP) is 3.46. The molecule has 27 heavy (non-hydrogen) atoms. The highest BCUT2D eigenvalue weighted by Gasteiger charge is 2.28. The normalized spacial score (nSPS) is 17.2. The number of rotatable bonds is 6. The van der Waals surface area contributed by atoms with Crippen molar-refractivity contribution in [1.82, 2.24) is 19.6 Å². The standard InChI is InChI=1S/C20H29N5OS/c1-4-5-10-21-19(26)25-12-11-24(14-16(25)3)20-22-18(23-27-20)13-17-8-6-15(2)7-9-17/h6-9,16H,4-5,10-14H2,1-3H3,(H,21,26)/t16-/m0/s1. The van der Waals surface area contributed by atoms with Crippen LogP contribution in [0.5, 0.6) is 0 Å². The maximum absolute atomic E-state index is 12.3. The molecule has 7 heteroatoms. The molecule has 1 aromatic carbocycles. The van der Waals surface area contributed by atoms with Gasteiger partial charge in [-0.15, -0.1) is 0 Å². The van der Waals surface area contributed by atoms with Gasteiger partial charge in [-0.1, -0.05) is 43.2 Å². The van der Waals surface area contributed by atoms with Crippen LogP contribution >= 0.6 is 11.5 Å². The van der Waals surface area contributed by atoms with Crippen LogP contribution in [-0.4, -0.2) is 52.5 Å². The van der Waals surface area contributed by atoms with Crippen LogP contribution in [-0.2, 0) is 6.42 Å². The number of amides is 2. The Bertz CT molecular complexity index is 745. The lowest BCUT2D eigenvalue weighted by atomic mass is 10.1. The predicted molar refractivity (Wildman–Crippen MR) is 111 cm³/mol. The maximum atomic E-state index is 12.3. The number of carbonyl (C=O) groups excluding carboxylic acids is 1. The zero-order chi connectivity index (χ0) is 19.2. The van der Waals surface area contributed by atoms with Crippen molar-refractivity contribution >= 4 is 22.7 Å². The minimum absolute atomic E-state index is 0.0490. The first-order chi connectivity index (χ1) is 13.1. The number of piperazine rings is 1. The van der Waals surface area contributed by atoms with Gasteiger partial charge in [-0.2, -0.15) is 4.37 Å². The molecule has 1 aliphatic heterocycles. The van der Waals surface area contributed by atoms with E-state index in [4.69, 9.17) is 4.98 Å². The Morgan fingerprint density at radius 3 is 2.78 bits per heavy atom. The Balaban J connectivity index is 1.55. The van der Waals surface area contributed by atoms with Crippen molar-refractivity contribution in [2.45, 2.75) is 46.1 Å². The van der Waals surface area contributed by atoms with Gasteiger partial charge >= 0.3 is 6.03 Å². The first kappa shape index (κ1) is 19.6. The SMILES string of the molecule is CCCCNC(=O)N1CCN(c2nc(Cc3ccc(C)cc3)ns2)C[C@@H]1C. The summed E-state index contributed by atoms with van der Waals surface area (Å²) < 4.78 is 4.53. The average molecular weight is 388 g/mol. The van der Waals surface area contributed by atoms with E-state index in [-0.39, 0.29) is 12.1 Å². The Kier molecular flexibility index (Phi) is 6.66. The molecule has 1 fully saturated rings. The van der Waals surface area contributed by atoms with Crippen LogP contribution in [0.25, 0.3) is 0 Å². The second kappa shape index (κ2) is 9.17. The molecule has 0 aliphatic carbocycles. The molecule has 0 unspecified atom stereocenters. The highest BCUT2D eigenvalue weighted by Crippen LogP contribution is 2.22. The quantitative estimate of drug-likeness (QED) is 0.771. The number of hydrogen-bond acceptors (Lipinski definition) is 5. The number of nitrogens with one attached hydrogen (secondary N) is 1. The van der Waals surface area contributed by atoms with Gasteiger partial charge in [0.2, 0.25) is 5.13 Å². The highest BCUT2D eigenvalue weighted by atomic mass is 32.1. The molecule has 1 atom stereocenters. The summed E-state index contributed by atoms with van der Waals surface area (Å²) in [7, 11) is 0. The third-order valence-corrected chi connectivity index (χ3v) is 5.72. The lowest BCUT2D eigenvalue weighted by molar-refractivity contribution is 0.171. The number of hydrogen-bond donors (Lipinski definition) is 1. The van der Waals surface area contributed by atoms with Gasteiger partial charge in [0.1, 0.15) is 5.82 Å². The lowest BCUT2D eigenvalue weighted by Crippen LogP contribution is -2.56. The zero-order valence-corrected chi connectivity index (χ0v) is 17.3. The van der Waals surface area contributed by atoms with Crippen LogP contribution in [0.15, 0.2) is 24.3 Å². The first-order valence-corrected chi connectivity index (χ1v) is 10.5. The molecule has 1 aromatic heterocycles. The second-order valence-corrected chi connectivity index (χ2v) is 7.96. The molecule has 1 aliphatic rings. The lowest BCUT2D eigenvalue weighted by Gasteiger charge is -2.39. The smallest absolute Gasteiger partial charge is 0.317 e. The number of unbranched alkanes of at least 4 members (excludes halogenated alkanes) is 1. The fourth-order valence-corrected chi connectivity index (χ4v) is 3.96. The van der Waals surface area contributed by atoms with E-state index in [2.05, 4.69) is 59.6 Å². The summed E-state index contributed by atoms with van der Waals surface area (Å²) in [5, 5.41) is 3.97. The van der Waals surface area contributed by atoms with Crippen molar-refractivity contribution in [2.24, 2.45) is 0 Å². The van der Waals surface area contributed by atoms with Crippen LogP contribution in [0.4, 0.5) is 9.93 Å². The van der Waals surface area contributed by atoms with Gasteiger partial charge in [-0.3, -0.25) is 0 Å². The molecule has 0 radical (unpaired) electrons. The van der Waals surface area contributed by atoms with Crippen molar-refractivity contribution in [2.75, 3.05) is 31.1 Å². The number of aryl methyl sites for hydroxylation is 1. The van der Waals surface area contributed by atoms with Gasteiger partial charge in [0.05, 0.1) is 0 Å². The van der Waals surface area contributed by atoms with E-state index < -0.39 is 0 Å². The van der Waals surface area contributed by atoms with E-state index >= 15 is 0 Å². The molecular formula is C20H29N5OS. The Labute approximate surface area is 165 Å². The van der Waals surface area contributed by atoms with Gasteiger partial charge in [0, 0.05) is 50.2 Å². The Hall–Kier alpha value is -2.15. The molecule has 0 bridgehead atoms. The Morgan fingerprint density at radius 2 is 2.07 bits per heavy atom. The minimum atomic E-state index is 0.0490. The third kappa shape index (κ3) is 5.19. The number of aromatic nitrogens is 2. The van der Waals surface area contributed by atoms with Crippen LogP contribution in [0, 0.1) is 6.92 Å². The maximum Gasteiger partial charge on any atom is 0.317 e. The molecule has 0 saturated carbocycles. The Morgan fingerprint density at radius 1 is 1.30 bits per heavy atom. The summed E-state index contributed by atoms with van der Waals surface area (Å²) in [6.07, 6.45) is 2.87. The molecule has 146 valence electrons. The van der Waals surface area contributed by atoms with Crippen molar-refractivity contribution in [1.29, 1.82) is 0 Å². The molecule has 2 aromatic rings. The van der Waals surface area contributed by atoms with Crippen molar-refractivity contribution in [3.05, 3.63) is 41.2 Å². The monoisotopic (exact) mass is 387 g/mol. The summed E-state index contributed by atoms with van der Waals surface area (Å²) >= 11 is 1.45. The van der Waals surface area contributed by atoms with Crippen LogP contribution in [0.3, 0.4) is 0 Å². The van der Waals surface area contributed by atoms with Gasteiger partial charge in [0.25, 0.3) is 0 Å². The van der Waals surface area contributed by atoms with Crippen LogP contribution in [0.1, 0.15) is 43.6 Å². The number of anilines is 1. The van der Waals surface area contributed by atoms with Crippen molar-refractivity contribution in [3.63, 3.8) is 0 Å². The summed E-state index contributed by atoms with van der Waals surface area (Å²) in [5.41, 5.74) is 2.49. The van der Waals surface area contributed by atoms with Crippen molar-refractivity contribution in [3.8, 4) is 0 Å². The molecule has 2 amide bonds. The number of benzene rings is 1. The molecule has 2 heterocycles. The fraction of sp³-hybridized carbons (Fsp3) is 0.550. The molecule has 3 rings (SSSR count). The van der Waals surface area contributed by atoms with Gasteiger partial charge < -0.3 is 15.1 Å². The largest absolute Gasteiger partial charge is 0.343 e. The third-order valence-electron chi connectivity index (χ3n) is 4.91. The van der Waals surface area contributed by atoms with Gasteiger partial charge in [0.15, 0.2) is 0 Å². The molecule has 1 N–H and O–H groups in total. The first-order valence-electron chi connectivity index (χ1n) is 9.74. The van der Waals surface area contributed by atoms with E-state index in [1.165, 1.54) is 22.7 Å². The molecule has 6 nitrogen and oxygen atoms in total. The van der Waals surface area contributed by atoms with E-state index in [1.54, 1.807) is 0 Å². The number of nitrogens with zero attached hydrogens (tertiary/aromatic N) is 4. The van der Waals surface area contributed by atoms with Crippen LogP contribution < -0.4 is 10.2 Å². The van der Waals surface area contributed by atoms with Gasteiger partial charge in [-0.05, 0) is 25.8 Å². The topological polar surface area (TPSA) is 61.4 Å². The molecular weight excluding hydrogens is 358 g/mol. The molecule has 1 saturated heterocycles. The highest BCUT2D eigenvalue weighted by molar-refractivity contribution is 7.09. The van der Waals surface area contributed by atoms with E-state index in [1.807, 2.05) is 4.90 Å². The zero-order valence-electron chi connectivity index (χ0n) is 16.4. The summed E-state index contributed by atoms with van der Waals surface area (Å²) in [6.45, 7) is 9.37. The van der Waals surface area contributed by atoms with E-state index in [0.29, 0.717) is 6.54 Å². The van der Waals surface area contributed by atoms with E-state index in [0.717, 1.165) is 49.9 Å². The average Bonchev–Trinajstić information content (AvgIpc) is 3.12. The summed E-state index contributed by atoms with van der Waals surface area (Å²) in [5.74, 6) is 0.867. The number of urea groups is 1.